The first-order chi connectivity index (χ1) is 9.97. The van der Waals surface area contributed by atoms with Crippen molar-refractivity contribution in [1.82, 2.24) is 15.4 Å². The van der Waals surface area contributed by atoms with Gasteiger partial charge in [-0.05, 0) is 12.1 Å². The van der Waals surface area contributed by atoms with E-state index in [2.05, 4.69) is 10.4 Å². The summed E-state index contributed by atoms with van der Waals surface area (Å²) in [6.45, 7) is 4.97. The van der Waals surface area contributed by atoms with Gasteiger partial charge in [-0.15, -0.1) is 0 Å². The van der Waals surface area contributed by atoms with Crippen LogP contribution in [0.5, 0.6) is 0 Å². The molecule has 1 amide bonds. The highest BCUT2D eigenvalue weighted by molar-refractivity contribution is 6.02. The summed E-state index contributed by atoms with van der Waals surface area (Å²) in [5.74, 6) is -0.957. The van der Waals surface area contributed by atoms with Crippen LogP contribution in [0.2, 0.25) is 0 Å². The Labute approximate surface area is 122 Å². The second-order valence-electron chi connectivity index (χ2n) is 4.78. The quantitative estimate of drug-likeness (QED) is 0.811. The highest BCUT2D eigenvalue weighted by atomic mass is 16.5. The van der Waals surface area contributed by atoms with Crippen molar-refractivity contribution in [2.24, 2.45) is 0 Å². The molecule has 1 aromatic heterocycles. The number of amides is 1. The molecule has 0 atom stereocenters. The van der Waals surface area contributed by atoms with E-state index >= 15 is 0 Å². The zero-order chi connectivity index (χ0) is 15.4. The van der Waals surface area contributed by atoms with E-state index in [1.165, 1.54) is 26.0 Å². The number of hydrogen-bond acceptors (Lipinski definition) is 6. The Balaban J connectivity index is 2.22. The average Bonchev–Trinajstić information content (AvgIpc) is 2.47. The minimum atomic E-state index is -0.371. The smallest absolute Gasteiger partial charge is 0.265 e. The number of nitrogens with one attached hydrogen (secondary N) is 1. The molecule has 0 spiro atoms. The maximum absolute atomic E-state index is 12.2. The Morgan fingerprint density at radius 1 is 1.10 bits per heavy atom. The van der Waals surface area contributed by atoms with E-state index in [1.54, 1.807) is 5.01 Å². The molecule has 2 heterocycles. The molecular formula is C14H17N3O4. The van der Waals surface area contributed by atoms with Gasteiger partial charge in [-0.3, -0.25) is 19.8 Å². The third-order valence-corrected chi connectivity index (χ3v) is 3.08. The number of hydrazine groups is 1. The first-order valence-corrected chi connectivity index (χ1v) is 6.65. The lowest BCUT2D eigenvalue weighted by Crippen LogP contribution is -2.48. The maximum atomic E-state index is 12.2. The number of nitrogens with zero attached hydrogens (tertiary/aromatic N) is 2. The first kappa shape index (κ1) is 15.3. The van der Waals surface area contributed by atoms with Crippen molar-refractivity contribution >= 4 is 17.5 Å². The van der Waals surface area contributed by atoms with Gasteiger partial charge in [-0.2, -0.15) is 0 Å². The van der Waals surface area contributed by atoms with E-state index in [-0.39, 0.29) is 34.4 Å². The molecule has 2 rings (SSSR count). The lowest BCUT2D eigenvalue weighted by Gasteiger charge is -2.27. The van der Waals surface area contributed by atoms with Crippen LogP contribution in [-0.2, 0) is 4.74 Å². The van der Waals surface area contributed by atoms with Crippen molar-refractivity contribution in [3.8, 4) is 0 Å². The summed E-state index contributed by atoms with van der Waals surface area (Å²) in [4.78, 5) is 39.1. The average molecular weight is 291 g/mol. The van der Waals surface area contributed by atoms with Crippen molar-refractivity contribution in [2.45, 2.75) is 13.8 Å². The third kappa shape index (κ3) is 3.93. The molecule has 0 unspecified atom stereocenters. The van der Waals surface area contributed by atoms with Crippen LogP contribution in [0.3, 0.4) is 0 Å². The van der Waals surface area contributed by atoms with Gasteiger partial charge in [0.1, 0.15) is 11.4 Å². The van der Waals surface area contributed by atoms with E-state index in [4.69, 9.17) is 4.74 Å². The summed E-state index contributed by atoms with van der Waals surface area (Å²) < 4.78 is 5.20. The van der Waals surface area contributed by atoms with E-state index in [0.29, 0.717) is 26.3 Å². The summed E-state index contributed by atoms with van der Waals surface area (Å²) in [6, 6.07) is 2.79. The van der Waals surface area contributed by atoms with Gasteiger partial charge in [0.2, 0.25) is 0 Å². The summed E-state index contributed by atoms with van der Waals surface area (Å²) in [5, 5.41) is 1.74. The van der Waals surface area contributed by atoms with Crippen molar-refractivity contribution in [3.63, 3.8) is 0 Å². The van der Waals surface area contributed by atoms with E-state index in [1.807, 2.05) is 0 Å². The molecule has 1 saturated heterocycles. The second-order valence-corrected chi connectivity index (χ2v) is 4.78. The number of Topliss-reactive ketones (excluding diaryl/α,β-unsaturated/α-hetero) is 2. The molecule has 1 aromatic rings. The fraction of sp³-hybridized carbons (Fsp3) is 0.429. The SMILES string of the molecule is CC(=O)c1cc(C(=O)NN2CCOCC2)cc(C(C)=O)n1. The minimum Gasteiger partial charge on any atom is -0.379 e. The van der Waals surface area contributed by atoms with E-state index in [9.17, 15) is 14.4 Å². The zero-order valence-electron chi connectivity index (χ0n) is 12.0. The first-order valence-electron chi connectivity index (χ1n) is 6.65. The topological polar surface area (TPSA) is 88.6 Å². The van der Waals surface area contributed by atoms with Gasteiger partial charge in [0, 0.05) is 32.5 Å². The monoisotopic (exact) mass is 291 g/mol. The number of carbonyl (C=O) groups excluding carboxylic acids is 3. The molecule has 1 aliphatic heterocycles. The number of pyridine rings is 1. The van der Waals surface area contributed by atoms with Gasteiger partial charge in [0.05, 0.1) is 13.2 Å². The predicted molar refractivity (Wildman–Crippen MR) is 74.1 cm³/mol. The number of hydrogen-bond donors (Lipinski definition) is 1. The van der Waals surface area contributed by atoms with Crippen LogP contribution in [0.15, 0.2) is 12.1 Å². The van der Waals surface area contributed by atoms with Crippen LogP contribution in [0.25, 0.3) is 0 Å². The molecule has 1 fully saturated rings. The molecule has 0 aliphatic carbocycles. The van der Waals surface area contributed by atoms with E-state index in [0.717, 1.165) is 0 Å². The third-order valence-electron chi connectivity index (χ3n) is 3.08. The minimum absolute atomic E-state index is 0.106. The van der Waals surface area contributed by atoms with Gasteiger partial charge in [-0.1, -0.05) is 0 Å². The highest BCUT2D eigenvalue weighted by Gasteiger charge is 2.17. The lowest BCUT2D eigenvalue weighted by atomic mass is 10.1. The van der Waals surface area contributed by atoms with Gasteiger partial charge in [-0.25, -0.2) is 9.99 Å². The normalized spacial score (nSPS) is 15.5. The second kappa shape index (κ2) is 6.55. The van der Waals surface area contributed by atoms with Crippen LogP contribution >= 0.6 is 0 Å². The predicted octanol–water partition coefficient (Wildman–Crippen LogP) is 0.464. The maximum Gasteiger partial charge on any atom is 0.265 e. The van der Waals surface area contributed by atoms with Crippen LogP contribution < -0.4 is 5.43 Å². The Bertz CT molecular complexity index is 547. The number of ether oxygens (including phenoxy) is 1. The van der Waals surface area contributed by atoms with Crippen LogP contribution in [0, 0.1) is 0 Å². The Morgan fingerprint density at radius 2 is 1.62 bits per heavy atom. The van der Waals surface area contributed by atoms with Crippen molar-refractivity contribution in [1.29, 1.82) is 0 Å². The van der Waals surface area contributed by atoms with Crippen LogP contribution in [0.1, 0.15) is 45.2 Å². The highest BCUT2D eigenvalue weighted by Crippen LogP contribution is 2.09. The Morgan fingerprint density at radius 3 is 2.10 bits per heavy atom. The van der Waals surface area contributed by atoms with Crippen LogP contribution in [0.4, 0.5) is 0 Å². The molecule has 0 bridgehead atoms. The molecule has 7 nitrogen and oxygen atoms in total. The van der Waals surface area contributed by atoms with Gasteiger partial charge < -0.3 is 4.74 Å². The zero-order valence-corrected chi connectivity index (χ0v) is 12.0. The number of morpholine rings is 1. The van der Waals surface area contributed by atoms with Crippen molar-refractivity contribution in [2.75, 3.05) is 26.3 Å². The Kier molecular flexibility index (Phi) is 4.77. The summed E-state index contributed by atoms with van der Waals surface area (Å²) in [5.41, 5.74) is 3.19. The molecular weight excluding hydrogens is 274 g/mol. The molecule has 1 aliphatic rings. The van der Waals surface area contributed by atoms with Gasteiger partial charge >= 0.3 is 0 Å². The van der Waals surface area contributed by atoms with Crippen molar-refractivity contribution in [3.05, 3.63) is 29.1 Å². The molecule has 112 valence electrons. The number of carbonyl (C=O) groups is 3. The number of aromatic nitrogens is 1. The lowest BCUT2D eigenvalue weighted by molar-refractivity contribution is 0.0126. The van der Waals surface area contributed by atoms with E-state index < -0.39 is 0 Å². The molecule has 21 heavy (non-hydrogen) atoms. The van der Waals surface area contributed by atoms with Crippen LogP contribution in [-0.4, -0.2) is 53.8 Å². The molecule has 0 saturated carbocycles. The van der Waals surface area contributed by atoms with Crippen molar-refractivity contribution < 1.29 is 19.1 Å². The summed E-state index contributed by atoms with van der Waals surface area (Å²) in [7, 11) is 0. The molecule has 0 radical (unpaired) electrons. The standard InChI is InChI=1S/C14H17N3O4/c1-9(18)12-7-11(8-13(15-12)10(2)19)14(20)16-17-3-5-21-6-4-17/h7-8H,3-6H2,1-2H3,(H,16,20). The summed E-state index contributed by atoms with van der Waals surface area (Å²) in [6.07, 6.45) is 0. The molecule has 0 aromatic carbocycles. The molecule has 7 heteroatoms. The van der Waals surface area contributed by atoms with Gasteiger partial charge in [0.15, 0.2) is 11.6 Å². The Hall–Kier alpha value is -2.12. The summed E-state index contributed by atoms with van der Waals surface area (Å²) >= 11 is 0. The fourth-order valence-electron chi connectivity index (χ4n) is 1.91. The fourth-order valence-corrected chi connectivity index (χ4v) is 1.91. The number of ketones is 2. The largest absolute Gasteiger partial charge is 0.379 e. The molecule has 1 N–H and O–H groups in total. The van der Waals surface area contributed by atoms with Gasteiger partial charge in [0.25, 0.3) is 5.91 Å². The number of rotatable bonds is 4.